The molecule has 1 aliphatic rings. The number of aromatic nitrogens is 1. The van der Waals surface area contributed by atoms with Crippen molar-refractivity contribution < 1.29 is 4.79 Å². The smallest absolute Gasteiger partial charge is 0.229 e. The van der Waals surface area contributed by atoms with Crippen LogP contribution < -0.4 is 0 Å². The lowest BCUT2D eigenvalue weighted by Crippen LogP contribution is -2.29. The van der Waals surface area contributed by atoms with Gasteiger partial charge in [-0.15, -0.1) is 22.9 Å². The summed E-state index contributed by atoms with van der Waals surface area (Å²) >= 11 is 7.19. The zero-order chi connectivity index (χ0) is 11.5. The minimum Gasteiger partial charge on any atom is -0.342 e. The minimum atomic E-state index is 0.194. The van der Waals surface area contributed by atoms with Crippen LogP contribution in [-0.2, 0) is 17.1 Å². The third-order valence-corrected chi connectivity index (χ3v) is 3.99. The molecule has 1 atom stereocenters. The summed E-state index contributed by atoms with van der Waals surface area (Å²) in [5, 5.41) is 2.79. The number of likely N-dealkylation sites (tertiary alicyclic amines) is 1. The molecule has 1 aromatic rings. The number of rotatable bonds is 3. The number of hydrogen-bond donors (Lipinski definition) is 0. The summed E-state index contributed by atoms with van der Waals surface area (Å²) in [5.41, 5.74) is 0.865. The van der Waals surface area contributed by atoms with E-state index in [1.165, 1.54) is 11.3 Å². The highest BCUT2D eigenvalue weighted by Crippen LogP contribution is 2.18. The van der Waals surface area contributed by atoms with Crippen LogP contribution in [0.25, 0.3) is 0 Å². The number of nitrogens with zero attached hydrogens (tertiary/aromatic N) is 2. The van der Waals surface area contributed by atoms with Crippen LogP contribution in [0.3, 0.4) is 0 Å². The van der Waals surface area contributed by atoms with Gasteiger partial charge < -0.3 is 4.90 Å². The van der Waals surface area contributed by atoms with Gasteiger partial charge in [-0.3, -0.25) is 4.79 Å². The molecule has 1 aliphatic heterocycles. The third-order valence-electron chi connectivity index (χ3n) is 2.82. The normalized spacial score (nSPS) is 20.4. The SMILES string of the molecule is CC1CCN(C(=O)Cc2nc(CCl)cs2)C1. The van der Waals surface area contributed by atoms with Gasteiger partial charge in [0.05, 0.1) is 18.0 Å². The number of alkyl halides is 1. The first-order valence-electron chi connectivity index (χ1n) is 5.46. The monoisotopic (exact) mass is 258 g/mol. The summed E-state index contributed by atoms with van der Waals surface area (Å²) in [5.74, 6) is 1.25. The highest BCUT2D eigenvalue weighted by atomic mass is 35.5. The van der Waals surface area contributed by atoms with E-state index >= 15 is 0 Å². The Morgan fingerprint density at radius 3 is 3.12 bits per heavy atom. The van der Waals surface area contributed by atoms with E-state index in [4.69, 9.17) is 11.6 Å². The number of hydrogen-bond acceptors (Lipinski definition) is 3. The van der Waals surface area contributed by atoms with E-state index in [1.807, 2.05) is 10.3 Å². The van der Waals surface area contributed by atoms with Gasteiger partial charge in [-0.25, -0.2) is 4.98 Å². The van der Waals surface area contributed by atoms with Gasteiger partial charge in [0.1, 0.15) is 5.01 Å². The van der Waals surface area contributed by atoms with Crippen LogP contribution in [0.15, 0.2) is 5.38 Å². The van der Waals surface area contributed by atoms with Crippen molar-refractivity contribution in [2.75, 3.05) is 13.1 Å². The first kappa shape index (κ1) is 11.9. The molecule has 0 spiro atoms. The third kappa shape index (κ3) is 2.74. The zero-order valence-electron chi connectivity index (χ0n) is 9.28. The van der Waals surface area contributed by atoms with Crippen LogP contribution in [0, 0.1) is 5.92 Å². The van der Waals surface area contributed by atoms with Crippen molar-refractivity contribution in [2.24, 2.45) is 5.92 Å². The van der Waals surface area contributed by atoms with E-state index in [9.17, 15) is 4.79 Å². The fraction of sp³-hybridized carbons (Fsp3) is 0.636. The zero-order valence-corrected chi connectivity index (χ0v) is 10.9. The molecule has 16 heavy (non-hydrogen) atoms. The molecule has 0 radical (unpaired) electrons. The van der Waals surface area contributed by atoms with Crippen molar-refractivity contribution >= 4 is 28.8 Å². The van der Waals surface area contributed by atoms with E-state index in [0.717, 1.165) is 30.2 Å². The van der Waals surface area contributed by atoms with Gasteiger partial charge in [0.25, 0.3) is 0 Å². The topological polar surface area (TPSA) is 33.2 Å². The molecular weight excluding hydrogens is 244 g/mol. The van der Waals surface area contributed by atoms with E-state index in [0.29, 0.717) is 18.2 Å². The quantitative estimate of drug-likeness (QED) is 0.780. The van der Waals surface area contributed by atoms with Gasteiger partial charge in [0.15, 0.2) is 0 Å². The molecular formula is C11H15ClN2OS. The molecule has 0 saturated carbocycles. The second-order valence-electron chi connectivity index (χ2n) is 4.28. The predicted octanol–water partition coefficient (Wildman–Crippen LogP) is 2.29. The van der Waals surface area contributed by atoms with Gasteiger partial charge in [-0.2, -0.15) is 0 Å². The van der Waals surface area contributed by atoms with Crippen LogP contribution >= 0.6 is 22.9 Å². The highest BCUT2D eigenvalue weighted by molar-refractivity contribution is 7.09. The van der Waals surface area contributed by atoms with Crippen LogP contribution in [0.4, 0.5) is 0 Å². The second kappa shape index (κ2) is 5.15. The maximum Gasteiger partial charge on any atom is 0.229 e. The molecule has 0 aliphatic carbocycles. The molecule has 1 saturated heterocycles. The van der Waals surface area contributed by atoms with E-state index in [2.05, 4.69) is 11.9 Å². The fourth-order valence-corrected chi connectivity index (χ4v) is 2.91. The predicted molar refractivity (Wildman–Crippen MR) is 65.7 cm³/mol. The van der Waals surface area contributed by atoms with E-state index < -0.39 is 0 Å². The lowest BCUT2D eigenvalue weighted by Gasteiger charge is -2.14. The molecule has 88 valence electrons. The first-order valence-corrected chi connectivity index (χ1v) is 6.87. The second-order valence-corrected chi connectivity index (χ2v) is 5.49. The van der Waals surface area contributed by atoms with Crippen LogP contribution in [0.1, 0.15) is 24.0 Å². The number of thiazole rings is 1. The number of carbonyl (C=O) groups is 1. The molecule has 0 bridgehead atoms. The molecule has 1 fully saturated rings. The molecule has 1 unspecified atom stereocenters. The summed E-state index contributed by atoms with van der Waals surface area (Å²) in [6.07, 6.45) is 1.55. The van der Waals surface area contributed by atoms with Crippen molar-refractivity contribution in [3.8, 4) is 0 Å². The Hall–Kier alpha value is -0.610. The van der Waals surface area contributed by atoms with Gasteiger partial charge >= 0.3 is 0 Å². The van der Waals surface area contributed by atoms with Crippen molar-refractivity contribution in [3.05, 3.63) is 16.1 Å². The number of halogens is 1. The van der Waals surface area contributed by atoms with Crippen LogP contribution in [-0.4, -0.2) is 28.9 Å². The maximum atomic E-state index is 11.9. The van der Waals surface area contributed by atoms with E-state index in [-0.39, 0.29) is 5.91 Å². The summed E-state index contributed by atoms with van der Waals surface area (Å²) in [7, 11) is 0. The molecule has 2 rings (SSSR count). The summed E-state index contributed by atoms with van der Waals surface area (Å²) in [6, 6.07) is 0. The summed E-state index contributed by atoms with van der Waals surface area (Å²) in [4.78, 5) is 18.2. The van der Waals surface area contributed by atoms with Crippen molar-refractivity contribution in [1.29, 1.82) is 0 Å². The Morgan fingerprint density at radius 1 is 1.75 bits per heavy atom. The van der Waals surface area contributed by atoms with Crippen molar-refractivity contribution in [2.45, 2.75) is 25.6 Å². The Labute approximate surface area is 104 Å². The first-order chi connectivity index (χ1) is 7.69. The molecule has 3 nitrogen and oxygen atoms in total. The molecule has 5 heteroatoms. The Bertz CT molecular complexity index is 380. The standard InChI is InChI=1S/C11H15ClN2OS/c1-8-2-3-14(6-8)11(15)4-10-13-9(5-12)7-16-10/h7-8H,2-6H2,1H3. The molecule has 0 aromatic carbocycles. The molecule has 1 aromatic heterocycles. The van der Waals surface area contributed by atoms with Gasteiger partial charge in [0, 0.05) is 18.5 Å². The van der Waals surface area contributed by atoms with Crippen molar-refractivity contribution in [1.82, 2.24) is 9.88 Å². The molecule has 2 heterocycles. The highest BCUT2D eigenvalue weighted by Gasteiger charge is 2.23. The number of carbonyl (C=O) groups excluding carboxylic acids is 1. The lowest BCUT2D eigenvalue weighted by atomic mass is 10.2. The van der Waals surface area contributed by atoms with Crippen LogP contribution in [0.2, 0.25) is 0 Å². The molecule has 0 N–H and O–H groups in total. The minimum absolute atomic E-state index is 0.194. The lowest BCUT2D eigenvalue weighted by molar-refractivity contribution is -0.129. The largest absolute Gasteiger partial charge is 0.342 e. The Morgan fingerprint density at radius 2 is 2.56 bits per heavy atom. The Kier molecular flexibility index (Phi) is 3.82. The summed E-state index contributed by atoms with van der Waals surface area (Å²) in [6.45, 7) is 3.97. The average molecular weight is 259 g/mol. The van der Waals surface area contributed by atoms with Crippen LogP contribution in [0.5, 0.6) is 0 Å². The Balaban J connectivity index is 1.91. The molecule has 1 amide bonds. The van der Waals surface area contributed by atoms with Gasteiger partial charge in [-0.05, 0) is 12.3 Å². The fourth-order valence-electron chi connectivity index (χ4n) is 1.89. The number of amides is 1. The maximum absolute atomic E-state index is 11.9. The van der Waals surface area contributed by atoms with Gasteiger partial charge in [-0.1, -0.05) is 6.92 Å². The van der Waals surface area contributed by atoms with Gasteiger partial charge in [0.2, 0.25) is 5.91 Å². The van der Waals surface area contributed by atoms with Crippen molar-refractivity contribution in [3.63, 3.8) is 0 Å². The van der Waals surface area contributed by atoms with E-state index in [1.54, 1.807) is 0 Å². The average Bonchev–Trinajstić information content (AvgIpc) is 2.87. The summed E-state index contributed by atoms with van der Waals surface area (Å²) < 4.78 is 0.